The molecule has 0 unspecified atom stereocenters. The largest absolute Gasteiger partial charge is 0.306 e. The number of aromatic nitrogens is 2. The van der Waals surface area contributed by atoms with Crippen molar-refractivity contribution in [1.29, 1.82) is 0 Å². The summed E-state index contributed by atoms with van der Waals surface area (Å²) in [7, 11) is -2.26. The molecule has 3 aromatic rings. The molecule has 24 heavy (non-hydrogen) atoms. The number of hydrazone groups is 1. The average Bonchev–Trinajstić information content (AvgIpc) is 2.95. The number of fused-ring (bicyclic) bond motifs is 1. The summed E-state index contributed by atoms with van der Waals surface area (Å²) in [6.07, 6.45) is 6.10. The van der Waals surface area contributed by atoms with Gasteiger partial charge in [-0.1, -0.05) is 36.0 Å². The summed E-state index contributed by atoms with van der Waals surface area (Å²) in [5.41, 5.74) is 2.52. The third-order valence-electron chi connectivity index (χ3n) is 3.38. The van der Waals surface area contributed by atoms with Crippen LogP contribution in [0.1, 0.15) is 11.1 Å². The first kappa shape index (κ1) is 18.8. The molecule has 0 spiro atoms. The SMILES string of the molecule is Cc1ccn2n[c-]c(/C=N/N(C)S(=O)(=O)c3ccccc3)c2c1.[Y]. The molecule has 0 fully saturated rings. The standard InChI is InChI=1S/C16H15N4O2S.Y/c1-13-8-9-20-16(10-13)14(12-18-20)11-17-19(2)23(21,22)15-6-4-3-5-7-15;/h3-11H,1-2H3;/q-1;/b17-11+;. The van der Waals surface area contributed by atoms with Crippen molar-refractivity contribution >= 4 is 21.8 Å². The van der Waals surface area contributed by atoms with Crippen molar-refractivity contribution in [1.82, 2.24) is 14.0 Å². The summed E-state index contributed by atoms with van der Waals surface area (Å²) in [5, 5.41) is 8.12. The fourth-order valence-electron chi connectivity index (χ4n) is 2.09. The van der Waals surface area contributed by atoms with E-state index in [9.17, 15) is 8.42 Å². The molecule has 0 amide bonds. The first-order valence-electron chi connectivity index (χ1n) is 6.93. The Morgan fingerprint density at radius 1 is 1.25 bits per heavy atom. The third kappa shape index (κ3) is 3.74. The monoisotopic (exact) mass is 416 g/mol. The van der Waals surface area contributed by atoms with Gasteiger partial charge in [-0.25, -0.2) is 9.52 Å². The molecule has 0 saturated carbocycles. The fourth-order valence-corrected chi connectivity index (χ4v) is 3.07. The first-order valence-corrected chi connectivity index (χ1v) is 8.37. The second kappa shape index (κ2) is 7.55. The van der Waals surface area contributed by atoms with Gasteiger partial charge < -0.3 is 4.52 Å². The van der Waals surface area contributed by atoms with Crippen LogP contribution in [0.4, 0.5) is 0 Å². The Balaban J connectivity index is 0.00000208. The fraction of sp³-hybridized carbons (Fsp3) is 0.125. The van der Waals surface area contributed by atoms with E-state index in [2.05, 4.69) is 16.4 Å². The van der Waals surface area contributed by atoms with E-state index < -0.39 is 10.0 Å². The van der Waals surface area contributed by atoms with Crippen LogP contribution in [0, 0.1) is 13.1 Å². The summed E-state index contributed by atoms with van der Waals surface area (Å²) < 4.78 is 27.4. The van der Waals surface area contributed by atoms with Crippen LogP contribution < -0.4 is 0 Å². The Morgan fingerprint density at radius 2 is 1.96 bits per heavy atom. The number of pyridine rings is 1. The summed E-state index contributed by atoms with van der Waals surface area (Å²) >= 11 is 0. The van der Waals surface area contributed by atoms with E-state index >= 15 is 0 Å². The Bertz CT molecular complexity index is 968. The molecule has 6 nitrogen and oxygen atoms in total. The maximum absolute atomic E-state index is 12.4. The van der Waals surface area contributed by atoms with Crippen molar-refractivity contribution in [2.24, 2.45) is 5.10 Å². The van der Waals surface area contributed by atoms with Crippen LogP contribution in [-0.2, 0) is 42.7 Å². The van der Waals surface area contributed by atoms with Crippen molar-refractivity contribution in [2.45, 2.75) is 11.8 Å². The van der Waals surface area contributed by atoms with E-state index in [1.165, 1.54) is 25.4 Å². The molecule has 0 N–H and O–H groups in total. The van der Waals surface area contributed by atoms with Crippen molar-refractivity contribution in [3.8, 4) is 0 Å². The Kier molecular flexibility index (Phi) is 5.90. The second-order valence-electron chi connectivity index (χ2n) is 5.06. The number of nitrogens with zero attached hydrogens (tertiary/aromatic N) is 4. The number of aryl methyl sites for hydroxylation is 1. The smallest absolute Gasteiger partial charge is 0.277 e. The van der Waals surface area contributed by atoms with E-state index in [1.54, 1.807) is 22.7 Å². The predicted molar refractivity (Wildman–Crippen MR) is 87.7 cm³/mol. The van der Waals surface area contributed by atoms with Crippen molar-refractivity contribution in [3.63, 3.8) is 0 Å². The van der Waals surface area contributed by atoms with Gasteiger partial charge in [0.1, 0.15) is 0 Å². The second-order valence-corrected chi connectivity index (χ2v) is 7.01. The molecule has 0 aliphatic rings. The van der Waals surface area contributed by atoms with E-state index in [0.717, 1.165) is 15.5 Å². The maximum atomic E-state index is 12.4. The molecule has 121 valence electrons. The summed E-state index contributed by atoms with van der Waals surface area (Å²) in [4.78, 5) is 0.194. The number of benzene rings is 1. The number of hydrogen-bond donors (Lipinski definition) is 0. The number of rotatable bonds is 4. The quantitative estimate of drug-likeness (QED) is 0.372. The van der Waals surface area contributed by atoms with Crippen LogP contribution in [0.2, 0.25) is 0 Å². The van der Waals surface area contributed by atoms with Gasteiger partial charge >= 0.3 is 0 Å². The van der Waals surface area contributed by atoms with Gasteiger partial charge in [0.05, 0.1) is 4.90 Å². The van der Waals surface area contributed by atoms with Gasteiger partial charge in [0.15, 0.2) is 0 Å². The van der Waals surface area contributed by atoms with Crippen LogP contribution >= 0.6 is 0 Å². The molecule has 2 aromatic heterocycles. The minimum absolute atomic E-state index is 0. The predicted octanol–water partition coefficient (Wildman–Crippen LogP) is 2.10. The molecule has 3 rings (SSSR count). The maximum Gasteiger partial charge on any atom is 0.277 e. The van der Waals surface area contributed by atoms with Crippen LogP contribution in [0.3, 0.4) is 0 Å². The minimum Gasteiger partial charge on any atom is -0.306 e. The molecular formula is C16H15N4O2SY-. The molecule has 8 heteroatoms. The molecular weight excluding hydrogens is 401 g/mol. The van der Waals surface area contributed by atoms with E-state index in [1.807, 2.05) is 25.3 Å². The molecule has 0 saturated heterocycles. The summed E-state index contributed by atoms with van der Waals surface area (Å²) in [6.45, 7) is 1.97. The van der Waals surface area contributed by atoms with E-state index in [4.69, 9.17) is 0 Å². The zero-order valence-corrected chi connectivity index (χ0v) is 16.9. The number of sulfonamides is 1. The van der Waals surface area contributed by atoms with Crippen molar-refractivity contribution in [3.05, 3.63) is 66.0 Å². The van der Waals surface area contributed by atoms with Crippen molar-refractivity contribution < 1.29 is 41.1 Å². The topological polar surface area (TPSA) is 67.0 Å². The zero-order chi connectivity index (χ0) is 16.4. The van der Waals surface area contributed by atoms with E-state index in [0.29, 0.717) is 5.56 Å². The van der Waals surface area contributed by atoms with Gasteiger partial charge in [0.2, 0.25) is 0 Å². The molecule has 0 aliphatic carbocycles. The van der Waals surface area contributed by atoms with Crippen LogP contribution in [0.25, 0.3) is 5.52 Å². The minimum atomic E-state index is -3.66. The van der Waals surface area contributed by atoms with Gasteiger partial charge in [-0.2, -0.15) is 8.42 Å². The first-order chi connectivity index (χ1) is 11.0. The van der Waals surface area contributed by atoms with Crippen molar-refractivity contribution in [2.75, 3.05) is 7.05 Å². The molecule has 1 aromatic carbocycles. The van der Waals surface area contributed by atoms with Crippen LogP contribution in [0.15, 0.2) is 58.7 Å². The van der Waals surface area contributed by atoms with Gasteiger partial charge in [0.25, 0.3) is 10.0 Å². The Morgan fingerprint density at radius 3 is 2.67 bits per heavy atom. The van der Waals surface area contributed by atoms with Gasteiger partial charge in [-0.05, 0) is 36.8 Å². The number of hydrogen-bond acceptors (Lipinski definition) is 4. The zero-order valence-electron chi connectivity index (χ0n) is 13.3. The Labute approximate surface area is 166 Å². The van der Waals surface area contributed by atoms with Gasteiger partial charge in [-0.3, -0.25) is 5.10 Å². The van der Waals surface area contributed by atoms with Crippen LogP contribution in [0.5, 0.6) is 0 Å². The average molecular weight is 416 g/mol. The van der Waals surface area contributed by atoms with Gasteiger partial charge in [-0.15, -0.1) is 5.56 Å². The third-order valence-corrected chi connectivity index (χ3v) is 5.04. The Hall–Kier alpha value is -1.57. The van der Waals surface area contributed by atoms with E-state index in [-0.39, 0.29) is 37.6 Å². The summed E-state index contributed by atoms with van der Waals surface area (Å²) in [6, 6.07) is 12.0. The molecule has 0 bridgehead atoms. The summed E-state index contributed by atoms with van der Waals surface area (Å²) in [5.74, 6) is 0. The molecule has 0 atom stereocenters. The molecule has 1 radical (unpaired) electrons. The normalized spacial score (nSPS) is 11.6. The molecule has 2 heterocycles. The van der Waals surface area contributed by atoms with Crippen LogP contribution in [-0.4, -0.2) is 35.7 Å². The van der Waals surface area contributed by atoms with Gasteiger partial charge in [0, 0.05) is 46.0 Å². The molecule has 0 aliphatic heterocycles.